The van der Waals surface area contributed by atoms with Gasteiger partial charge in [0, 0.05) is 43.3 Å². The van der Waals surface area contributed by atoms with Gasteiger partial charge in [-0.15, -0.1) is 0 Å². The van der Waals surface area contributed by atoms with Crippen molar-refractivity contribution in [1.29, 1.82) is 0 Å². The minimum Gasteiger partial charge on any atom is -0.465 e. The zero-order chi connectivity index (χ0) is 17.9. The Morgan fingerprint density at radius 3 is 2.69 bits per heavy atom. The lowest BCUT2D eigenvalue weighted by Crippen LogP contribution is -2.37. The van der Waals surface area contributed by atoms with E-state index in [1.54, 1.807) is 0 Å². The van der Waals surface area contributed by atoms with E-state index in [2.05, 4.69) is 28.3 Å². The molecule has 2 fully saturated rings. The highest BCUT2D eigenvalue weighted by molar-refractivity contribution is 5.83. The van der Waals surface area contributed by atoms with Gasteiger partial charge in [-0.3, -0.25) is 0 Å². The van der Waals surface area contributed by atoms with Gasteiger partial charge >= 0.3 is 6.09 Å². The fraction of sp³-hybridized carbons (Fsp3) is 0.579. The number of nitrogens with zero attached hydrogens (tertiary/aromatic N) is 3. The normalized spacial score (nSPS) is 19.2. The molecule has 26 heavy (non-hydrogen) atoms. The van der Waals surface area contributed by atoms with E-state index in [0.717, 1.165) is 74.3 Å². The molecule has 0 unspecified atom stereocenters. The average molecular weight is 359 g/mol. The number of fused-ring (bicyclic) bond motifs is 1. The molecule has 7 heteroatoms. The molecule has 1 N–H and O–H groups in total. The number of hydrogen-bond donors (Lipinski definition) is 1. The highest BCUT2D eigenvalue weighted by atomic mass is 16.5. The maximum Gasteiger partial charge on any atom is 0.407 e. The molecule has 1 aromatic carbocycles. The van der Waals surface area contributed by atoms with E-state index in [1.807, 2.05) is 0 Å². The van der Waals surface area contributed by atoms with Crippen molar-refractivity contribution in [3.8, 4) is 0 Å². The first-order valence-corrected chi connectivity index (χ1v) is 9.39. The fourth-order valence-electron chi connectivity index (χ4n) is 3.93. The number of carbonyl (C=O) groups is 1. The molecule has 0 bridgehead atoms. The second-order valence-corrected chi connectivity index (χ2v) is 7.16. The summed E-state index contributed by atoms with van der Waals surface area (Å²) in [5.41, 5.74) is 3.00. The van der Waals surface area contributed by atoms with Crippen LogP contribution in [0.15, 0.2) is 22.7 Å². The molecule has 140 valence electrons. The molecule has 0 spiro atoms. The van der Waals surface area contributed by atoms with Gasteiger partial charge in [-0.1, -0.05) is 5.16 Å². The summed E-state index contributed by atoms with van der Waals surface area (Å²) in [6, 6.07) is 6.32. The van der Waals surface area contributed by atoms with Gasteiger partial charge in [-0.2, -0.15) is 0 Å². The number of hydrogen-bond acceptors (Lipinski definition) is 5. The van der Waals surface area contributed by atoms with Crippen molar-refractivity contribution >= 4 is 22.7 Å². The summed E-state index contributed by atoms with van der Waals surface area (Å²) in [5, 5.41) is 14.4. The Kier molecular flexibility index (Phi) is 4.97. The maximum atomic E-state index is 11.0. The predicted octanol–water partition coefficient (Wildman–Crippen LogP) is 2.99. The highest BCUT2D eigenvalue weighted by Gasteiger charge is 2.23. The molecule has 1 aromatic heterocycles. The quantitative estimate of drug-likeness (QED) is 0.904. The summed E-state index contributed by atoms with van der Waals surface area (Å²) in [6.45, 7) is 4.62. The van der Waals surface area contributed by atoms with Gasteiger partial charge in [-0.05, 0) is 43.7 Å². The van der Waals surface area contributed by atoms with Crippen LogP contribution >= 0.6 is 0 Å². The molecule has 2 aliphatic rings. The number of piperidine rings is 1. The van der Waals surface area contributed by atoms with E-state index in [0.29, 0.717) is 19.0 Å². The van der Waals surface area contributed by atoms with Gasteiger partial charge in [0.25, 0.3) is 0 Å². The zero-order valence-electron chi connectivity index (χ0n) is 14.9. The molecule has 4 rings (SSSR count). The van der Waals surface area contributed by atoms with Gasteiger partial charge in [-0.25, -0.2) is 4.79 Å². The zero-order valence-corrected chi connectivity index (χ0v) is 14.9. The molecular formula is C19H25N3O4. The third-order valence-corrected chi connectivity index (χ3v) is 5.58. The van der Waals surface area contributed by atoms with Crippen molar-refractivity contribution in [2.24, 2.45) is 5.92 Å². The van der Waals surface area contributed by atoms with E-state index in [4.69, 9.17) is 14.4 Å². The van der Waals surface area contributed by atoms with E-state index in [9.17, 15) is 4.79 Å². The SMILES string of the molecule is O=C(O)N1CCC(CCc2noc3cc(N4CCOCC4)ccc23)CC1. The number of likely N-dealkylation sites (tertiary alicyclic amines) is 1. The number of rotatable bonds is 4. The first-order chi connectivity index (χ1) is 12.7. The minimum atomic E-state index is -0.804. The number of amides is 1. The number of aryl methyl sites for hydroxylation is 1. The topological polar surface area (TPSA) is 79.0 Å². The number of anilines is 1. The Morgan fingerprint density at radius 1 is 1.19 bits per heavy atom. The van der Waals surface area contributed by atoms with Crippen LogP contribution in [0.25, 0.3) is 11.0 Å². The Bertz CT molecular complexity index is 761. The Hall–Kier alpha value is -2.28. The smallest absolute Gasteiger partial charge is 0.407 e. The standard InChI is InChI=1S/C19H25N3O4/c23-19(24)22-7-5-14(6-8-22)1-4-17-16-3-2-15(13-18(16)26-20-17)21-9-11-25-12-10-21/h2-3,13-14H,1,4-12H2,(H,23,24). The van der Waals surface area contributed by atoms with Crippen LogP contribution in [0.5, 0.6) is 0 Å². The van der Waals surface area contributed by atoms with Crippen molar-refractivity contribution in [2.75, 3.05) is 44.3 Å². The predicted molar refractivity (Wildman–Crippen MR) is 97.7 cm³/mol. The lowest BCUT2D eigenvalue weighted by molar-refractivity contribution is 0.122. The van der Waals surface area contributed by atoms with Crippen LogP contribution in [0.2, 0.25) is 0 Å². The van der Waals surface area contributed by atoms with Crippen LogP contribution in [0.3, 0.4) is 0 Å². The van der Waals surface area contributed by atoms with Crippen molar-refractivity contribution < 1.29 is 19.2 Å². The first kappa shape index (κ1) is 17.1. The molecule has 2 saturated heterocycles. The molecule has 7 nitrogen and oxygen atoms in total. The van der Waals surface area contributed by atoms with Crippen molar-refractivity contribution in [1.82, 2.24) is 10.1 Å². The molecule has 2 aliphatic heterocycles. The summed E-state index contributed by atoms with van der Waals surface area (Å²) in [6.07, 6.45) is 2.97. The Balaban J connectivity index is 1.37. The molecule has 2 aromatic rings. The van der Waals surface area contributed by atoms with Gasteiger partial charge in [0.1, 0.15) is 0 Å². The second kappa shape index (κ2) is 7.53. The third-order valence-electron chi connectivity index (χ3n) is 5.58. The van der Waals surface area contributed by atoms with Gasteiger partial charge in [0.05, 0.1) is 18.9 Å². The first-order valence-electron chi connectivity index (χ1n) is 9.39. The highest BCUT2D eigenvalue weighted by Crippen LogP contribution is 2.28. The number of benzene rings is 1. The molecule has 0 atom stereocenters. The van der Waals surface area contributed by atoms with Gasteiger partial charge in [0.15, 0.2) is 5.58 Å². The van der Waals surface area contributed by atoms with Crippen molar-refractivity contribution in [3.05, 3.63) is 23.9 Å². The maximum absolute atomic E-state index is 11.0. The monoisotopic (exact) mass is 359 g/mol. The number of aromatic nitrogens is 1. The summed E-state index contributed by atoms with van der Waals surface area (Å²) >= 11 is 0. The lowest BCUT2D eigenvalue weighted by Gasteiger charge is -2.29. The van der Waals surface area contributed by atoms with Crippen LogP contribution < -0.4 is 4.90 Å². The lowest BCUT2D eigenvalue weighted by atomic mass is 9.91. The summed E-state index contributed by atoms with van der Waals surface area (Å²) in [4.78, 5) is 14.8. The molecule has 1 amide bonds. The molecular weight excluding hydrogens is 334 g/mol. The van der Waals surface area contributed by atoms with E-state index in [1.165, 1.54) is 4.90 Å². The average Bonchev–Trinajstić information content (AvgIpc) is 3.09. The number of morpholine rings is 1. The van der Waals surface area contributed by atoms with E-state index < -0.39 is 6.09 Å². The van der Waals surface area contributed by atoms with E-state index >= 15 is 0 Å². The molecule has 3 heterocycles. The van der Waals surface area contributed by atoms with Crippen LogP contribution in [0.4, 0.5) is 10.5 Å². The molecule has 0 saturated carbocycles. The number of carboxylic acid groups (broad SMARTS) is 1. The second-order valence-electron chi connectivity index (χ2n) is 7.16. The third kappa shape index (κ3) is 3.62. The summed E-state index contributed by atoms with van der Waals surface area (Å²) in [5.74, 6) is 0.560. The Morgan fingerprint density at radius 2 is 1.96 bits per heavy atom. The number of ether oxygens (including phenoxy) is 1. The fourth-order valence-corrected chi connectivity index (χ4v) is 3.93. The summed E-state index contributed by atoms with van der Waals surface area (Å²) < 4.78 is 11.0. The van der Waals surface area contributed by atoms with E-state index in [-0.39, 0.29) is 0 Å². The Labute approximate surface area is 152 Å². The van der Waals surface area contributed by atoms with Crippen LogP contribution in [0.1, 0.15) is 25.0 Å². The van der Waals surface area contributed by atoms with Crippen LogP contribution in [0, 0.1) is 5.92 Å². The molecule has 0 radical (unpaired) electrons. The molecule has 0 aliphatic carbocycles. The minimum absolute atomic E-state index is 0.560. The van der Waals surface area contributed by atoms with Crippen molar-refractivity contribution in [3.63, 3.8) is 0 Å². The summed E-state index contributed by atoms with van der Waals surface area (Å²) in [7, 11) is 0. The van der Waals surface area contributed by atoms with Gasteiger partial charge < -0.3 is 24.2 Å². The van der Waals surface area contributed by atoms with Crippen LogP contribution in [-0.2, 0) is 11.2 Å². The van der Waals surface area contributed by atoms with Crippen molar-refractivity contribution in [2.45, 2.75) is 25.7 Å². The van der Waals surface area contributed by atoms with Crippen LogP contribution in [-0.4, -0.2) is 60.6 Å². The largest absolute Gasteiger partial charge is 0.465 e. The van der Waals surface area contributed by atoms with Gasteiger partial charge in [0.2, 0.25) is 0 Å².